The van der Waals surface area contributed by atoms with Gasteiger partial charge in [-0.05, 0) is 39.3 Å². The summed E-state index contributed by atoms with van der Waals surface area (Å²) in [5.74, 6) is 0.497. The molecular weight excluding hydrogens is 284 g/mol. The Labute approximate surface area is 131 Å². The molecule has 1 aromatic rings. The number of esters is 1. The summed E-state index contributed by atoms with van der Waals surface area (Å²) in [6, 6.07) is 4.86. The normalized spacial score (nSPS) is 10.9. The van der Waals surface area contributed by atoms with Gasteiger partial charge in [0.1, 0.15) is 23.4 Å². The smallest absolute Gasteiger partial charge is 0.344 e. The van der Waals surface area contributed by atoms with Gasteiger partial charge in [-0.1, -0.05) is 13.3 Å². The fourth-order valence-corrected chi connectivity index (χ4v) is 1.68. The molecule has 0 aliphatic carbocycles. The zero-order valence-electron chi connectivity index (χ0n) is 13.7. The van der Waals surface area contributed by atoms with Crippen molar-refractivity contribution < 1.29 is 23.8 Å². The van der Waals surface area contributed by atoms with Crippen molar-refractivity contribution in [2.75, 3.05) is 13.2 Å². The zero-order chi connectivity index (χ0) is 16.6. The van der Waals surface area contributed by atoms with Crippen LogP contribution in [0, 0.1) is 0 Å². The van der Waals surface area contributed by atoms with Crippen molar-refractivity contribution in [1.29, 1.82) is 0 Å². The van der Waals surface area contributed by atoms with Gasteiger partial charge in [-0.25, -0.2) is 4.79 Å². The van der Waals surface area contributed by atoms with E-state index < -0.39 is 11.6 Å². The van der Waals surface area contributed by atoms with Crippen LogP contribution in [-0.2, 0) is 9.53 Å². The molecule has 22 heavy (non-hydrogen) atoms. The lowest BCUT2D eigenvalue weighted by Gasteiger charge is -2.19. The molecule has 0 aliphatic rings. The third-order valence-electron chi connectivity index (χ3n) is 2.58. The fraction of sp³-hybridized carbons (Fsp3) is 0.529. The van der Waals surface area contributed by atoms with Crippen LogP contribution in [0.2, 0.25) is 0 Å². The predicted molar refractivity (Wildman–Crippen MR) is 83.6 cm³/mol. The molecule has 0 fully saturated rings. The number of carbonyl (C=O) groups is 2. The summed E-state index contributed by atoms with van der Waals surface area (Å²) in [5, 5.41) is 0. The van der Waals surface area contributed by atoms with E-state index in [9.17, 15) is 9.59 Å². The van der Waals surface area contributed by atoms with E-state index in [2.05, 4.69) is 6.92 Å². The number of carbonyl (C=O) groups excluding carboxylic acids is 2. The first kappa shape index (κ1) is 18.0. The molecule has 0 heterocycles. The third kappa shape index (κ3) is 7.11. The second kappa shape index (κ2) is 8.41. The van der Waals surface area contributed by atoms with Crippen LogP contribution in [-0.4, -0.2) is 31.1 Å². The van der Waals surface area contributed by atoms with E-state index in [-0.39, 0.29) is 6.61 Å². The molecular formula is C17H24O5. The highest BCUT2D eigenvalue weighted by Crippen LogP contribution is 2.22. The van der Waals surface area contributed by atoms with E-state index in [0.717, 1.165) is 12.8 Å². The first-order valence-electron chi connectivity index (χ1n) is 7.42. The Morgan fingerprint density at radius 3 is 2.32 bits per heavy atom. The van der Waals surface area contributed by atoms with Gasteiger partial charge in [-0.15, -0.1) is 0 Å². The molecule has 0 saturated heterocycles. The highest BCUT2D eigenvalue weighted by atomic mass is 16.6. The van der Waals surface area contributed by atoms with E-state index in [0.29, 0.717) is 30.0 Å². The van der Waals surface area contributed by atoms with Crippen LogP contribution in [0.5, 0.6) is 11.5 Å². The monoisotopic (exact) mass is 308 g/mol. The minimum Gasteiger partial charge on any atom is -0.493 e. The van der Waals surface area contributed by atoms with E-state index in [4.69, 9.17) is 14.2 Å². The van der Waals surface area contributed by atoms with E-state index in [1.54, 1.807) is 39.0 Å². The topological polar surface area (TPSA) is 61.8 Å². The quantitative estimate of drug-likeness (QED) is 0.418. The van der Waals surface area contributed by atoms with Gasteiger partial charge >= 0.3 is 5.97 Å². The van der Waals surface area contributed by atoms with E-state index >= 15 is 0 Å². The molecule has 5 nitrogen and oxygen atoms in total. The highest BCUT2D eigenvalue weighted by Gasteiger charge is 2.16. The van der Waals surface area contributed by atoms with Crippen LogP contribution >= 0.6 is 0 Å². The molecule has 0 atom stereocenters. The largest absolute Gasteiger partial charge is 0.493 e. The molecule has 0 bridgehead atoms. The van der Waals surface area contributed by atoms with Crippen LogP contribution in [0.15, 0.2) is 18.2 Å². The Morgan fingerprint density at radius 1 is 1.14 bits per heavy atom. The predicted octanol–water partition coefficient (Wildman–Crippen LogP) is 3.40. The molecule has 5 heteroatoms. The molecule has 0 N–H and O–H groups in total. The van der Waals surface area contributed by atoms with Gasteiger partial charge in [-0.3, -0.25) is 4.79 Å². The summed E-state index contributed by atoms with van der Waals surface area (Å²) >= 11 is 0. The number of aldehydes is 1. The van der Waals surface area contributed by atoms with E-state index in [1.165, 1.54) is 0 Å². The first-order chi connectivity index (χ1) is 10.3. The molecule has 0 unspecified atom stereocenters. The third-order valence-corrected chi connectivity index (χ3v) is 2.58. The number of rotatable bonds is 8. The number of unbranched alkanes of at least 4 members (excludes halogenated alkanes) is 1. The van der Waals surface area contributed by atoms with Gasteiger partial charge < -0.3 is 14.2 Å². The van der Waals surface area contributed by atoms with E-state index in [1.807, 2.05) is 0 Å². The maximum Gasteiger partial charge on any atom is 0.344 e. The molecule has 0 aliphatic heterocycles. The molecule has 0 spiro atoms. The molecule has 1 rings (SSSR count). The molecule has 0 saturated carbocycles. The Bertz CT molecular complexity index is 502. The van der Waals surface area contributed by atoms with Gasteiger partial charge in [0.15, 0.2) is 6.61 Å². The van der Waals surface area contributed by atoms with Crippen molar-refractivity contribution in [3.05, 3.63) is 23.8 Å². The summed E-state index contributed by atoms with van der Waals surface area (Å²) in [7, 11) is 0. The molecule has 0 amide bonds. The molecule has 1 aromatic carbocycles. The standard InChI is InChI=1S/C17H24O5/c1-5-6-7-20-14-8-13(11-18)9-15(10-14)21-12-16(19)22-17(2,3)4/h8-11H,5-7,12H2,1-4H3. The average molecular weight is 308 g/mol. The first-order valence-corrected chi connectivity index (χ1v) is 7.42. The van der Waals surface area contributed by atoms with Crippen molar-refractivity contribution in [2.45, 2.75) is 46.1 Å². The molecule has 122 valence electrons. The lowest BCUT2D eigenvalue weighted by molar-refractivity contribution is -0.157. The summed E-state index contributed by atoms with van der Waals surface area (Å²) < 4.78 is 16.1. The minimum absolute atomic E-state index is 0.214. The van der Waals surface area contributed by atoms with Crippen LogP contribution in [0.3, 0.4) is 0 Å². The average Bonchev–Trinajstić information content (AvgIpc) is 2.43. The number of hydrogen-bond acceptors (Lipinski definition) is 5. The SMILES string of the molecule is CCCCOc1cc(C=O)cc(OCC(=O)OC(C)(C)C)c1. The van der Waals surface area contributed by atoms with Crippen molar-refractivity contribution >= 4 is 12.3 Å². The van der Waals surface area contributed by atoms with Gasteiger partial charge in [-0.2, -0.15) is 0 Å². The summed E-state index contributed by atoms with van der Waals surface area (Å²) in [6.45, 7) is 7.80. The number of benzene rings is 1. The maximum absolute atomic E-state index is 11.6. The lowest BCUT2D eigenvalue weighted by Crippen LogP contribution is -2.27. The second-order valence-electron chi connectivity index (χ2n) is 5.93. The molecule has 0 aromatic heterocycles. The zero-order valence-corrected chi connectivity index (χ0v) is 13.7. The van der Waals surface area contributed by atoms with Gasteiger partial charge in [0.2, 0.25) is 0 Å². The van der Waals surface area contributed by atoms with Crippen molar-refractivity contribution in [3.8, 4) is 11.5 Å². The Balaban J connectivity index is 2.67. The molecule has 0 radical (unpaired) electrons. The van der Waals surface area contributed by atoms with Crippen LogP contribution in [0.4, 0.5) is 0 Å². The summed E-state index contributed by atoms with van der Waals surface area (Å²) in [6.07, 6.45) is 2.67. The summed E-state index contributed by atoms with van der Waals surface area (Å²) in [5.41, 5.74) is -0.118. The number of hydrogen-bond donors (Lipinski definition) is 0. The Morgan fingerprint density at radius 2 is 1.77 bits per heavy atom. The van der Waals surface area contributed by atoms with Gasteiger partial charge in [0, 0.05) is 11.6 Å². The van der Waals surface area contributed by atoms with Crippen molar-refractivity contribution in [3.63, 3.8) is 0 Å². The van der Waals surface area contributed by atoms with Crippen molar-refractivity contribution in [1.82, 2.24) is 0 Å². The Hall–Kier alpha value is -2.04. The Kier molecular flexibility index (Phi) is 6.89. The van der Waals surface area contributed by atoms with Crippen molar-refractivity contribution in [2.24, 2.45) is 0 Å². The van der Waals surface area contributed by atoms with Gasteiger partial charge in [0.05, 0.1) is 6.61 Å². The van der Waals surface area contributed by atoms with Crippen LogP contribution < -0.4 is 9.47 Å². The highest BCUT2D eigenvalue weighted by molar-refractivity contribution is 5.77. The maximum atomic E-state index is 11.6. The fourth-order valence-electron chi connectivity index (χ4n) is 1.68. The van der Waals surface area contributed by atoms with Crippen LogP contribution in [0.25, 0.3) is 0 Å². The lowest BCUT2D eigenvalue weighted by atomic mass is 10.2. The van der Waals surface area contributed by atoms with Crippen LogP contribution in [0.1, 0.15) is 50.9 Å². The van der Waals surface area contributed by atoms with Gasteiger partial charge in [0.25, 0.3) is 0 Å². The second-order valence-corrected chi connectivity index (χ2v) is 5.93. The minimum atomic E-state index is -0.556. The number of ether oxygens (including phenoxy) is 3. The summed E-state index contributed by atoms with van der Waals surface area (Å²) in [4.78, 5) is 22.6.